The Morgan fingerprint density at radius 3 is 3.12 bits per heavy atom. The number of rotatable bonds is 1. The van der Waals surface area contributed by atoms with Crippen LogP contribution in [0.3, 0.4) is 0 Å². The second kappa shape index (κ2) is 4.93. The Kier molecular flexibility index (Phi) is 3.56. The number of aromatic nitrogens is 1. The van der Waals surface area contributed by atoms with E-state index in [2.05, 4.69) is 20.9 Å². The SMILES string of the molecule is CC(=O)N1CCOC(c2cccc(Br)n2)C1. The largest absolute Gasteiger partial charge is 0.368 e. The molecule has 2 heterocycles. The number of morpholine rings is 1. The lowest BCUT2D eigenvalue weighted by Crippen LogP contribution is -2.41. The summed E-state index contributed by atoms with van der Waals surface area (Å²) in [5.74, 6) is 0.0864. The van der Waals surface area contributed by atoms with Gasteiger partial charge in [0.05, 0.1) is 18.8 Å². The predicted octanol–water partition coefficient (Wildman–Crippen LogP) is 1.76. The van der Waals surface area contributed by atoms with Crippen LogP contribution in [-0.4, -0.2) is 35.5 Å². The summed E-state index contributed by atoms with van der Waals surface area (Å²) in [6.45, 7) is 3.40. The standard InChI is InChI=1S/C11H13BrN2O2/c1-8(15)14-5-6-16-10(7-14)9-3-2-4-11(12)13-9/h2-4,10H,5-7H2,1H3. The van der Waals surface area contributed by atoms with Crippen molar-refractivity contribution >= 4 is 21.8 Å². The van der Waals surface area contributed by atoms with E-state index in [0.29, 0.717) is 19.7 Å². The van der Waals surface area contributed by atoms with Gasteiger partial charge in [0.25, 0.3) is 0 Å². The van der Waals surface area contributed by atoms with Gasteiger partial charge >= 0.3 is 0 Å². The Morgan fingerprint density at radius 2 is 2.44 bits per heavy atom. The number of hydrogen-bond donors (Lipinski definition) is 0. The molecule has 0 N–H and O–H groups in total. The molecule has 0 aromatic carbocycles. The lowest BCUT2D eigenvalue weighted by Gasteiger charge is -2.31. The zero-order valence-corrected chi connectivity index (χ0v) is 10.6. The smallest absolute Gasteiger partial charge is 0.219 e. The molecule has 1 aliphatic heterocycles. The highest BCUT2D eigenvalue weighted by Gasteiger charge is 2.24. The third kappa shape index (κ3) is 2.59. The van der Waals surface area contributed by atoms with E-state index in [1.54, 1.807) is 11.8 Å². The van der Waals surface area contributed by atoms with Crippen LogP contribution in [0.15, 0.2) is 22.8 Å². The van der Waals surface area contributed by atoms with Crippen molar-refractivity contribution < 1.29 is 9.53 Å². The average molecular weight is 285 g/mol. The molecule has 0 aliphatic carbocycles. The minimum atomic E-state index is -0.116. The molecule has 1 amide bonds. The molecule has 0 bridgehead atoms. The first-order valence-corrected chi connectivity index (χ1v) is 5.95. The van der Waals surface area contributed by atoms with Crippen LogP contribution in [0.5, 0.6) is 0 Å². The molecule has 1 atom stereocenters. The third-order valence-corrected chi connectivity index (χ3v) is 3.02. The predicted molar refractivity (Wildman–Crippen MR) is 62.9 cm³/mol. The summed E-state index contributed by atoms with van der Waals surface area (Å²) >= 11 is 3.33. The van der Waals surface area contributed by atoms with Gasteiger partial charge in [0.1, 0.15) is 10.7 Å². The first-order chi connectivity index (χ1) is 7.66. The molecule has 1 saturated heterocycles. The fourth-order valence-electron chi connectivity index (χ4n) is 1.72. The molecule has 0 saturated carbocycles. The van der Waals surface area contributed by atoms with Crippen molar-refractivity contribution in [3.8, 4) is 0 Å². The molecule has 86 valence electrons. The van der Waals surface area contributed by atoms with E-state index in [-0.39, 0.29) is 12.0 Å². The van der Waals surface area contributed by atoms with Crippen molar-refractivity contribution in [1.29, 1.82) is 0 Å². The zero-order chi connectivity index (χ0) is 11.5. The van der Waals surface area contributed by atoms with Gasteiger partial charge in [-0.15, -0.1) is 0 Å². The number of nitrogens with zero attached hydrogens (tertiary/aromatic N) is 2. The van der Waals surface area contributed by atoms with Crippen molar-refractivity contribution in [1.82, 2.24) is 9.88 Å². The van der Waals surface area contributed by atoms with E-state index in [1.807, 2.05) is 18.2 Å². The number of carbonyl (C=O) groups is 1. The fourth-order valence-corrected chi connectivity index (χ4v) is 2.07. The van der Waals surface area contributed by atoms with Crippen molar-refractivity contribution in [3.63, 3.8) is 0 Å². The van der Waals surface area contributed by atoms with Crippen LogP contribution in [-0.2, 0) is 9.53 Å². The fraction of sp³-hybridized carbons (Fsp3) is 0.455. The molecule has 16 heavy (non-hydrogen) atoms. The first kappa shape index (κ1) is 11.5. The number of hydrogen-bond acceptors (Lipinski definition) is 3. The van der Waals surface area contributed by atoms with Crippen LogP contribution in [0.4, 0.5) is 0 Å². The Hall–Kier alpha value is -0.940. The van der Waals surface area contributed by atoms with E-state index in [4.69, 9.17) is 4.74 Å². The molecule has 1 aromatic rings. The van der Waals surface area contributed by atoms with Gasteiger partial charge in [-0.05, 0) is 28.1 Å². The highest BCUT2D eigenvalue weighted by Crippen LogP contribution is 2.21. The van der Waals surface area contributed by atoms with Gasteiger partial charge in [-0.25, -0.2) is 4.98 Å². The summed E-state index contributed by atoms with van der Waals surface area (Å²) in [6, 6.07) is 5.70. The molecule has 1 aliphatic rings. The van der Waals surface area contributed by atoms with Crippen LogP contribution in [0.1, 0.15) is 18.7 Å². The Morgan fingerprint density at radius 1 is 1.62 bits per heavy atom. The van der Waals surface area contributed by atoms with E-state index in [0.717, 1.165) is 10.3 Å². The van der Waals surface area contributed by atoms with Crippen molar-refractivity contribution in [2.24, 2.45) is 0 Å². The monoisotopic (exact) mass is 284 g/mol. The van der Waals surface area contributed by atoms with Crippen LogP contribution < -0.4 is 0 Å². The van der Waals surface area contributed by atoms with Crippen LogP contribution >= 0.6 is 15.9 Å². The van der Waals surface area contributed by atoms with Crippen molar-refractivity contribution in [2.75, 3.05) is 19.7 Å². The summed E-state index contributed by atoms with van der Waals surface area (Å²) < 4.78 is 6.41. The number of halogens is 1. The number of amides is 1. The number of pyridine rings is 1. The minimum Gasteiger partial charge on any atom is -0.368 e. The summed E-state index contributed by atoms with van der Waals surface area (Å²) in [5, 5.41) is 0. The number of carbonyl (C=O) groups excluding carboxylic acids is 1. The zero-order valence-electron chi connectivity index (χ0n) is 9.02. The molecule has 5 heteroatoms. The van der Waals surface area contributed by atoms with E-state index >= 15 is 0 Å². The van der Waals surface area contributed by atoms with Gasteiger partial charge in [-0.3, -0.25) is 4.79 Å². The second-order valence-corrected chi connectivity index (χ2v) is 4.52. The third-order valence-electron chi connectivity index (χ3n) is 2.58. The lowest BCUT2D eigenvalue weighted by molar-refractivity contribution is -0.136. The first-order valence-electron chi connectivity index (χ1n) is 5.16. The van der Waals surface area contributed by atoms with Gasteiger partial charge < -0.3 is 9.64 Å². The molecule has 1 aromatic heterocycles. The van der Waals surface area contributed by atoms with Gasteiger partial charge in [0, 0.05) is 13.5 Å². The second-order valence-electron chi connectivity index (χ2n) is 3.71. The lowest BCUT2D eigenvalue weighted by atomic mass is 10.2. The van der Waals surface area contributed by atoms with Crippen LogP contribution in [0, 0.1) is 0 Å². The highest BCUT2D eigenvalue weighted by molar-refractivity contribution is 9.10. The molecule has 0 spiro atoms. The average Bonchev–Trinajstić information content (AvgIpc) is 2.29. The topological polar surface area (TPSA) is 42.4 Å². The van der Waals surface area contributed by atoms with E-state index < -0.39 is 0 Å². The van der Waals surface area contributed by atoms with Gasteiger partial charge in [-0.2, -0.15) is 0 Å². The Labute approximate surface area is 103 Å². The molecule has 1 unspecified atom stereocenters. The molecule has 2 rings (SSSR count). The summed E-state index contributed by atoms with van der Waals surface area (Å²) in [7, 11) is 0. The maximum absolute atomic E-state index is 11.3. The summed E-state index contributed by atoms with van der Waals surface area (Å²) in [5.41, 5.74) is 0.861. The molecular weight excluding hydrogens is 272 g/mol. The van der Waals surface area contributed by atoms with Crippen molar-refractivity contribution in [3.05, 3.63) is 28.5 Å². The number of ether oxygens (including phenoxy) is 1. The van der Waals surface area contributed by atoms with Crippen LogP contribution in [0.2, 0.25) is 0 Å². The normalized spacial score (nSPS) is 20.9. The van der Waals surface area contributed by atoms with Gasteiger partial charge in [0.2, 0.25) is 5.91 Å². The summed E-state index contributed by atoms with van der Waals surface area (Å²) in [6.07, 6.45) is -0.116. The molecule has 4 nitrogen and oxygen atoms in total. The molecule has 1 fully saturated rings. The minimum absolute atomic E-state index is 0.0864. The molecule has 0 radical (unpaired) electrons. The molecular formula is C11H13BrN2O2. The highest BCUT2D eigenvalue weighted by atomic mass is 79.9. The van der Waals surface area contributed by atoms with Crippen LogP contribution in [0.25, 0.3) is 0 Å². The van der Waals surface area contributed by atoms with E-state index in [1.165, 1.54) is 0 Å². The Bertz CT molecular complexity index is 397. The maximum Gasteiger partial charge on any atom is 0.219 e. The van der Waals surface area contributed by atoms with Gasteiger partial charge in [-0.1, -0.05) is 6.07 Å². The van der Waals surface area contributed by atoms with E-state index in [9.17, 15) is 4.79 Å². The van der Waals surface area contributed by atoms with Gasteiger partial charge in [0.15, 0.2) is 0 Å². The quantitative estimate of drug-likeness (QED) is 0.738. The Balaban J connectivity index is 2.12. The summed E-state index contributed by atoms with van der Waals surface area (Å²) in [4.78, 5) is 17.4. The van der Waals surface area contributed by atoms with Crippen molar-refractivity contribution in [2.45, 2.75) is 13.0 Å². The maximum atomic E-state index is 11.3.